The minimum absolute atomic E-state index is 0.00488. The second-order valence-electron chi connectivity index (χ2n) is 8.06. The first kappa shape index (κ1) is 20.3. The number of nitrogens with zero attached hydrogens (tertiary/aromatic N) is 5. The number of aryl methyl sites for hydroxylation is 1. The van der Waals surface area contributed by atoms with Crippen molar-refractivity contribution in [3.05, 3.63) is 18.2 Å². The Hall–Kier alpha value is -1.40. The van der Waals surface area contributed by atoms with Gasteiger partial charge in [-0.25, -0.2) is 4.98 Å². The fraction of sp³-hybridized carbons (Fsp3) is 0.810. The summed E-state index contributed by atoms with van der Waals surface area (Å²) in [6.45, 7) is 13.4. The van der Waals surface area contributed by atoms with Gasteiger partial charge in [-0.05, 0) is 52.5 Å². The number of hydrogen-bond acceptors (Lipinski definition) is 4. The molecule has 2 fully saturated rings. The van der Waals surface area contributed by atoms with Crippen LogP contribution in [-0.4, -0.2) is 75.0 Å². The van der Waals surface area contributed by atoms with Crippen LogP contribution in [0.25, 0.3) is 0 Å². The number of amides is 1. The SMILES string of the molecule is CCC1CCCCN1C(=O)C(C)N1CCCN(Cc2nccn2CC)CC1. The Morgan fingerprint density at radius 2 is 2.00 bits per heavy atom. The van der Waals surface area contributed by atoms with Crippen LogP contribution in [0.4, 0.5) is 0 Å². The van der Waals surface area contributed by atoms with Crippen LogP contribution in [0, 0.1) is 0 Å². The molecule has 152 valence electrons. The predicted molar refractivity (Wildman–Crippen MR) is 108 cm³/mol. The lowest BCUT2D eigenvalue weighted by Gasteiger charge is -2.39. The fourth-order valence-electron chi connectivity index (χ4n) is 4.63. The molecule has 2 aliphatic rings. The minimum atomic E-state index is -0.00488. The Bertz CT molecular complexity index is 601. The van der Waals surface area contributed by atoms with Crippen molar-refractivity contribution in [1.82, 2.24) is 24.3 Å². The van der Waals surface area contributed by atoms with Gasteiger partial charge in [-0.2, -0.15) is 0 Å². The first-order valence-electron chi connectivity index (χ1n) is 10.9. The molecule has 0 aliphatic carbocycles. The van der Waals surface area contributed by atoms with Crippen LogP contribution in [-0.2, 0) is 17.9 Å². The van der Waals surface area contributed by atoms with Crippen LogP contribution in [0.3, 0.4) is 0 Å². The first-order valence-corrected chi connectivity index (χ1v) is 10.9. The second kappa shape index (κ2) is 9.69. The lowest BCUT2D eigenvalue weighted by atomic mass is 9.99. The summed E-state index contributed by atoms with van der Waals surface area (Å²) in [6, 6.07) is 0.444. The molecular weight excluding hydrogens is 338 g/mol. The maximum atomic E-state index is 13.2. The topological polar surface area (TPSA) is 44.6 Å². The molecule has 27 heavy (non-hydrogen) atoms. The Morgan fingerprint density at radius 3 is 2.78 bits per heavy atom. The first-order chi connectivity index (χ1) is 13.1. The summed E-state index contributed by atoms with van der Waals surface area (Å²) in [5.41, 5.74) is 0. The zero-order valence-corrected chi connectivity index (χ0v) is 17.4. The van der Waals surface area contributed by atoms with Crippen molar-refractivity contribution in [3.63, 3.8) is 0 Å². The van der Waals surface area contributed by atoms with Gasteiger partial charge in [0, 0.05) is 51.2 Å². The summed E-state index contributed by atoms with van der Waals surface area (Å²) in [5, 5.41) is 0. The third kappa shape index (κ3) is 4.91. The summed E-state index contributed by atoms with van der Waals surface area (Å²) in [7, 11) is 0. The van der Waals surface area contributed by atoms with Crippen molar-refractivity contribution in [2.24, 2.45) is 0 Å². The normalized spacial score (nSPS) is 24.0. The van der Waals surface area contributed by atoms with Gasteiger partial charge >= 0.3 is 0 Å². The number of carbonyl (C=O) groups excluding carboxylic acids is 1. The molecule has 1 aromatic heterocycles. The van der Waals surface area contributed by atoms with Gasteiger partial charge in [0.2, 0.25) is 5.91 Å². The van der Waals surface area contributed by atoms with E-state index in [1.54, 1.807) is 0 Å². The highest BCUT2D eigenvalue weighted by Crippen LogP contribution is 2.22. The van der Waals surface area contributed by atoms with Crippen LogP contribution in [0.15, 0.2) is 12.4 Å². The maximum absolute atomic E-state index is 13.2. The zero-order valence-electron chi connectivity index (χ0n) is 17.4. The summed E-state index contributed by atoms with van der Waals surface area (Å²) in [4.78, 5) is 24.7. The predicted octanol–water partition coefficient (Wildman–Crippen LogP) is 2.59. The molecule has 0 aromatic carbocycles. The van der Waals surface area contributed by atoms with Crippen molar-refractivity contribution in [1.29, 1.82) is 0 Å². The van der Waals surface area contributed by atoms with Crippen molar-refractivity contribution < 1.29 is 4.79 Å². The number of likely N-dealkylation sites (tertiary alicyclic amines) is 1. The zero-order chi connectivity index (χ0) is 19.2. The molecule has 0 radical (unpaired) electrons. The molecule has 0 bridgehead atoms. The van der Waals surface area contributed by atoms with Gasteiger partial charge in [0.25, 0.3) is 0 Å². The molecule has 2 unspecified atom stereocenters. The molecule has 0 N–H and O–H groups in total. The average molecular weight is 376 g/mol. The number of imidazole rings is 1. The van der Waals surface area contributed by atoms with Gasteiger partial charge in [-0.15, -0.1) is 0 Å². The van der Waals surface area contributed by atoms with E-state index in [1.165, 1.54) is 12.8 Å². The van der Waals surface area contributed by atoms with E-state index in [1.807, 2.05) is 6.20 Å². The van der Waals surface area contributed by atoms with Crippen LogP contribution < -0.4 is 0 Å². The number of rotatable bonds is 6. The summed E-state index contributed by atoms with van der Waals surface area (Å²) >= 11 is 0. The molecule has 6 nitrogen and oxygen atoms in total. The van der Waals surface area contributed by atoms with Crippen molar-refractivity contribution in [2.45, 2.75) is 78.0 Å². The minimum Gasteiger partial charge on any atom is -0.338 e. The van der Waals surface area contributed by atoms with Gasteiger partial charge in [0.05, 0.1) is 12.6 Å². The highest BCUT2D eigenvalue weighted by molar-refractivity contribution is 5.82. The molecule has 2 saturated heterocycles. The molecule has 3 rings (SSSR count). The molecule has 6 heteroatoms. The summed E-state index contributed by atoms with van der Waals surface area (Å²) in [6.07, 6.45) is 9.75. The molecule has 1 aromatic rings. The number of hydrogen-bond donors (Lipinski definition) is 0. The Morgan fingerprint density at radius 1 is 1.15 bits per heavy atom. The largest absolute Gasteiger partial charge is 0.338 e. The summed E-state index contributed by atoms with van der Waals surface area (Å²) in [5.74, 6) is 1.49. The van der Waals surface area contributed by atoms with Crippen LogP contribution >= 0.6 is 0 Å². The van der Waals surface area contributed by atoms with E-state index in [0.29, 0.717) is 11.9 Å². The Kier molecular flexibility index (Phi) is 7.30. The average Bonchev–Trinajstić information content (AvgIpc) is 3.02. The van der Waals surface area contributed by atoms with Crippen molar-refractivity contribution in [2.75, 3.05) is 32.7 Å². The van der Waals surface area contributed by atoms with Gasteiger partial charge in [0.1, 0.15) is 5.82 Å². The molecule has 2 atom stereocenters. The van der Waals surface area contributed by atoms with E-state index in [-0.39, 0.29) is 6.04 Å². The Labute approximate surface area is 164 Å². The maximum Gasteiger partial charge on any atom is 0.239 e. The van der Waals surface area contributed by atoms with Crippen LogP contribution in [0.5, 0.6) is 0 Å². The van der Waals surface area contributed by atoms with Crippen LogP contribution in [0.1, 0.15) is 58.7 Å². The third-order valence-corrected chi connectivity index (χ3v) is 6.42. The number of aromatic nitrogens is 2. The van der Waals surface area contributed by atoms with Crippen LogP contribution in [0.2, 0.25) is 0 Å². The fourth-order valence-corrected chi connectivity index (χ4v) is 4.63. The highest BCUT2D eigenvalue weighted by Gasteiger charge is 2.32. The van der Waals surface area contributed by atoms with Gasteiger partial charge in [0.15, 0.2) is 0 Å². The second-order valence-corrected chi connectivity index (χ2v) is 8.06. The monoisotopic (exact) mass is 375 g/mol. The molecule has 0 saturated carbocycles. The quantitative estimate of drug-likeness (QED) is 0.767. The smallest absolute Gasteiger partial charge is 0.239 e. The summed E-state index contributed by atoms with van der Waals surface area (Å²) < 4.78 is 2.22. The van der Waals surface area contributed by atoms with E-state index in [0.717, 1.165) is 70.9 Å². The van der Waals surface area contributed by atoms with Gasteiger partial charge in [-0.1, -0.05) is 6.92 Å². The lowest BCUT2D eigenvalue weighted by Crippen LogP contribution is -2.52. The Balaban J connectivity index is 1.56. The van der Waals surface area contributed by atoms with E-state index in [2.05, 4.69) is 51.2 Å². The molecule has 0 spiro atoms. The van der Waals surface area contributed by atoms with E-state index in [9.17, 15) is 4.79 Å². The number of carbonyl (C=O) groups is 1. The number of piperidine rings is 1. The van der Waals surface area contributed by atoms with Crippen molar-refractivity contribution >= 4 is 5.91 Å². The molecule has 1 amide bonds. The molecule has 2 aliphatic heterocycles. The molecular formula is C21H37N5O. The van der Waals surface area contributed by atoms with Crippen molar-refractivity contribution in [3.8, 4) is 0 Å². The standard InChI is InChI=1S/C21H37N5O/c1-4-19-9-6-7-13-26(19)21(27)18(3)25-12-8-11-23(15-16-25)17-20-22-10-14-24(20)5-2/h10,14,18-19H,4-9,11-13,15-17H2,1-3H3. The van der Waals surface area contributed by atoms with Gasteiger partial charge in [-0.3, -0.25) is 14.6 Å². The highest BCUT2D eigenvalue weighted by atomic mass is 16.2. The molecule has 3 heterocycles. The van der Waals surface area contributed by atoms with E-state index >= 15 is 0 Å². The van der Waals surface area contributed by atoms with E-state index < -0.39 is 0 Å². The lowest BCUT2D eigenvalue weighted by molar-refractivity contribution is -0.140. The van der Waals surface area contributed by atoms with E-state index in [4.69, 9.17) is 0 Å². The third-order valence-electron chi connectivity index (χ3n) is 6.42. The van der Waals surface area contributed by atoms with Gasteiger partial charge < -0.3 is 9.47 Å².